The predicted octanol–water partition coefficient (Wildman–Crippen LogP) is 4.67. The molecule has 0 aromatic rings. The van der Waals surface area contributed by atoms with Gasteiger partial charge < -0.3 is 0 Å². The maximum atomic E-state index is 3.61. The van der Waals surface area contributed by atoms with Gasteiger partial charge in [-0.15, -0.1) is 13.2 Å². The molecule has 0 aliphatic carbocycles. The Labute approximate surface area is 83.4 Å². The van der Waals surface area contributed by atoms with Gasteiger partial charge in [-0.3, -0.25) is 0 Å². The molecule has 0 saturated carbocycles. The first-order chi connectivity index (χ1) is 6.22. The van der Waals surface area contributed by atoms with Crippen molar-refractivity contribution in [2.24, 2.45) is 0 Å². The van der Waals surface area contributed by atoms with E-state index in [1.54, 1.807) is 0 Å². The van der Waals surface area contributed by atoms with Crippen LogP contribution in [0.2, 0.25) is 0 Å². The summed E-state index contributed by atoms with van der Waals surface area (Å²) in [6.45, 7) is 13.3. The van der Waals surface area contributed by atoms with Gasteiger partial charge in [0.1, 0.15) is 0 Å². The van der Waals surface area contributed by atoms with Crippen molar-refractivity contribution in [1.29, 1.82) is 0 Å². The van der Waals surface area contributed by atoms with Crippen LogP contribution in [0.5, 0.6) is 0 Å². The molecule has 0 rings (SSSR count). The first-order valence-electron chi connectivity index (χ1n) is 4.67. The molecule has 0 amide bonds. The van der Waals surface area contributed by atoms with E-state index in [2.05, 4.69) is 32.2 Å². The fourth-order valence-corrected chi connectivity index (χ4v) is 0.578. The van der Waals surface area contributed by atoms with Crippen LogP contribution < -0.4 is 0 Å². The summed E-state index contributed by atoms with van der Waals surface area (Å²) in [6, 6.07) is 0. The number of allylic oxidation sites excluding steroid dienone is 6. The van der Waals surface area contributed by atoms with E-state index in [-0.39, 0.29) is 0 Å². The Kier molecular flexibility index (Phi) is 15.1. The SMILES string of the molecule is C=CCC(C)=CC.C=CCC=CC. The lowest BCUT2D eigenvalue weighted by atomic mass is 10.2. The summed E-state index contributed by atoms with van der Waals surface area (Å²) in [6.07, 6.45) is 12.0. The van der Waals surface area contributed by atoms with Crippen molar-refractivity contribution >= 4 is 0 Å². The molecular formula is C13H22. The molecule has 0 radical (unpaired) electrons. The minimum Gasteiger partial charge on any atom is -0.103 e. The molecule has 0 spiro atoms. The third-order valence-corrected chi connectivity index (χ3v) is 1.50. The Morgan fingerprint density at radius 2 is 1.77 bits per heavy atom. The highest BCUT2D eigenvalue weighted by Gasteiger charge is 1.76. The van der Waals surface area contributed by atoms with Gasteiger partial charge in [-0.25, -0.2) is 0 Å². The normalized spacial score (nSPS) is 10.5. The molecule has 13 heavy (non-hydrogen) atoms. The van der Waals surface area contributed by atoms with Gasteiger partial charge in [0.15, 0.2) is 0 Å². The maximum Gasteiger partial charge on any atom is -0.0144 e. The van der Waals surface area contributed by atoms with Crippen molar-refractivity contribution in [1.82, 2.24) is 0 Å². The Morgan fingerprint density at radius 3 is 1.92 bits per heavy atom. The van der Waals surface area contributed by atoms with Crippen LogP contribution in [0, 0.1) is 0 Å². The molecule has 0 aliphatic rings. The molecule has 0 N–H and O–H groups in total. The van der Waals surface area contributed by atoms with E-state index in [0.717, 1.165) is 12.8 Å². The summed E-state index contributed by atoms with van der Waals surface area (Å²) >= 11 is 0. The summed E-state index contributed by atoms with van der Waals surface area (Å²) in [5, 5.41) is 0. The number of hydrogen-bond donors (Lipinski definition) is 0. The van der Waals surface area contributed by atoms with Gasteiger partial charge in [0.25, 0.3) is 0 Å². The standard InChI is InChI=1S/C7H12.C6H10/c1-4-6-7(3)5-2;1-3-5-6-4-2/h4-5H,1,6H2,2-3H3;3-4,6H,1,5H2,2H3. The van der Waals surface area contributed by atoms with Crippen LogP contribution in [0.3, 0.4) is 0 Å². The second kappa shape index (κ2) is 13.5. The maximum absolute atomic E-state index is 3.61. The van der Waals surface area contributed by atoms with E-state index in [4.69, 9.17) is 0 Å². The van der Waals surface area contributed by atoms with Gasteiger partial charge in [0.2, 0.25) is 0 Å². The van der Waals surface area contributed by atoms with Crippen molar-refractivity contribution in [2.45, 2.75) is 33.6 Å². The third-order valence-electron chi connectivity index (χ3n) is 1.50. The molecule has 0 atom stereocenters. The van der Waals surface area contributed by atoms with E-state index >= 15 is 0 Å². The zero-order valence-corrected chi connectivity index (χ0v) is 9.22. The summed E-state index contributed by atoms with van der Waals surface area (Å²) in [5.41, 5.74) is 1.38. The van der Waals surface area contributed by atoms with Gasteiger partial charge in [0.05, 0.1) is 0 Å². The molecular weight excluding hydrogens is 156 g/mol. The lowest BCUT2D eigenvalue weighted by Gasteiger charge is -1.87. The molecule has 0 fully saturated rings. The molecule has 0 heteroatoms. The summed E-state index contributed by atoms with van der Waals surface area (Å²) in [7, 11) is 0. The second-order valence-corrected chi connectivity index (χ2v) is 2.72. The van der Waals surface area contributed by atoms with Crippen LogP contribution in [0.15, 0.2) is 49.1 Å². The van der Waals surface area contributed by atoms with Gasteiger partial charge in [-0.1, -0.05) is 36.0 Å². The lowest BCUT2D eigenvalue weighted by Crippen LogP contribution is -1.66. The highest BCUT2D eigenvalue weighted by Crippen LogP contribution is 1.97. The Hall–Kier alpha value is -1.04. The minimum absolute atomic E-state index is 0.997. The Bertz CT molecular complexity index is 170. The molecule has 74 valence electrons. The molecule has 0 bridgehead atoms. The molecule has 0 saturated heterocycles. The molecule has 0 unspecified atom stereocenters. The fraction of sp³-hybridized carbons (Fsp3) is 0.385. The van der Waals surface area contributed by atoms with Crippen LogP contribution in [-0.2, 0) is 0 Å². The molecule has 0 nitrogen and oxygen atoms in total. The zero-order chi connectivity index (χ0) is 10.5. The Balaban J connectivity index is 0. The number of hydrogen-bond acceptors (Lipinski definition) is 0. The number of rotatable bonds is 4. The Morgan fingerprint density at radius 1 is 1.15 bits per heavy atom. The lowest BCUT2D eigenvalue weighted by molar-refractivity contribution is 1.20. The van der Waals surface area contributed by atoms with E-state index in [1.165, 1.54) is 5.57 Å². The first-order valence-corrected chi connectivity index (χ1v) is 4.67. The van der Waals surface area contributed by atoms with Crippen molar-refractivity contribution in [3.8, 4) is 0 Å². The highest BCUT2D eigenvalue weighted by molar-refractivity contribution is 5.00. The van der Waals surface area contributed by atoms with E-state index in [9.17, 15) is 0 Å². The summed E-state index contributed by atoms with van der Waals surface area (Å²) in [4.78, 5) is 0. The van der Waals surface area contributed by atoms with Crippen LogP contribution in [0.25, 0.3) is 0 Å². The average molecular weight is 178 g/mol. The van der Waals surface area contributed by atoms with Crippen molar-refractivity contribution < 1.29 is 0 Å². The van der Waals surface area contributed by atoms with E-state index < -0.39 is 0 Å². The average Bonchev–Trinajstić information content (AvgIpc) is 2.16. The van der Waals surface area contributed by atoms with E-state index in [1.807, 2.05) is 32.1 Å². The van der Waals surface area contributed by atoms with Crippen LogP contribution in [-0.4, -0.2) is 0 Å². The zero-order valence-electron chi connectivity index (χ0n) is 9.22. The largest absolute Gasteiger partial charge is 0.103 e. The molecule has 0 aromatic carbocycles. The predicted molar refractivity (Wildman–Crippen MR) is 63.9 cm³/mol. The van der Waals surface area contributed by atoms with Gasteiger partial charge in [-0.2, -0.15) is 0 Å². The minimum atomic E-state index is 0.997. The molecule has 0 aliphatic heterocycles. The topological polar surface area (TPSA) is 0 Å². The van der Waals surface area contributed by atoms with Crippen molar-refractivity contribution in [2.75, 3.05) is 0 Å². The summed E-state index contributed by atoms with van der Waals surface area (Å²) in [5.74, 6) is 0. The third kappa shape index (κ3) is 18.2. The fourth-order valence-electron chi connectivity index (χ4n) is 0.578. The quantitative estimate of drug-likeness (QED) is 0.549. The van der Waals surface area contributed by atoms with Crippen molar-refractivity contribution in [3.63, 3.8) is 0 Å². The van der Waals surface area contributed by atoms with Gasteiger partial charge in [0, 0.05) is 0 Å². The second-order valence-electron chi connectivity index (χ2n) is 2.72. The van der Waals surface area contributed by atoms with Crippen molar-refractivity contribution in [3.05, 3.63) is 49.1 Å². The van der Waals surface area contributed by atoms with Crippen LogP contribution in [0.1, 0.15) is 33.6 Å². The van der Waals surface area contributed by atoms with Gasteiger partial charge in [-0.05, 0) is 33.6 Å². The highest BCUT2D eigenvalue weighted by atomic mass is 13.8. The molecule has 0 aromatic heterocycles. The molecule has 0 heterocycles. The monoisotopic (exact) mass is 178 g/mol. The first kappa shape index (κ1) is 14.5. The summed E-state index contributed by atoms with van der Waals surface area (Å²) < 4.78 is 0. The smallest absolute Gasteiger partial charge is 0.0144 e. The van der Waals surface area contributed by atoms with Crippen LogP contribution >= 0.6 is 0 Å². The van der Waals surface area contributed by atoms with E-state index in [0.29, 0.717) is 0 Å². The van der Waals surface area contributed by atoms with Crippen LogP contribution in [0.4, 0.5) is 0 Å². The van der Waals surface area contributed by atoms with Gasteiger partial charge >= 0.3 is 0 Å².